The molecule has 0 rings (SSSR count). The lowest BCUT2D eigenvalue weighted by Gasteiger charge is -2.10. The van der Waals surface area contributed by atoms with Crippen molar-refractivity contribution in [3.63, 3.8) is 0 Å². The predicted octanol–water partition coefficient (Wildman–Crippen LogP) is 1.08. The monoisotopic (exact) mass is 210 g/mol. The summed E-state index contributed by atoms with van der Waals surface area (Å²) in [5.41, 5.74) is 0. The van der Waals surface area contributed by atoms with Gasteiger partial charge in [0, 0.05) is 26.5 Å². The molecule has 0 unspecified atom stereocenters. The molecule has 0 aliphatic heterocycles. The number of hydrogen-bond acceptors (Lipinski definition) is 3. The van der Waals surface area contributed by atoms with Crippen molar-refractivity contribution in [2.24, 2.45) is 0 Å². The van der Waals surface area contributed by atoms with Crippen LogP contribution in [0.3, 0.4) is 0 Å². The summed E-state index contributed by atoms with van der Waals surface area (Å²) in [7, 11) is -0.975. The smallest absolute Gasteiger partial charge is 0.348 e. The molecule has 0 saturated heterocycles. The van der Waals surface area contributed by atoms with Crippen LogP contribution in [0.1, 0.15) is 12.8 Å². The number of rotatable bonds is 6. The fourth-order valence-electron chi connectivity index (χ4n) is 0.776. The maximum absolute atomic E-state index is 10.4. The van der Waals surface area contributed by atoms with Crippen LogP contribution in [0.15, 0.2) is 11.9 Å². The Morgan fingerprint density at radius 2 is 1.92 bits per heavy atom. The lowest BCUT2D eigenvalue weighted by atomic mass is 10.3. The average molecular weight is 210 g/mol. The van der Waals surface area contributed by atoms with E-state index in [1.807, 2.05) is 0 Å². The van der Waals surface area contributed by atoms with Gasteiger partial charge in [0.2, 0.25) is 0 Å². The van der Waals surface area contributed by atoms with Crippen molar-refractivity contribution in [2.45, 2.75) is 19.1 Å². The molecule has 13 heavy (non-hydrogen) atoms. The summed E-state index contributed by atoms with van der Waals surface area (Å²) in [4.78, 5) is 16.9. The third-order valence-electron chi connectivity index (χ3n) is 1.39. The summed E-state index contributed by atoms with van der Waals surface area (Å²) in [5.74, 6) is 0.884. The highest BCUT2D eigenvalue weighted by molar-refractivity contribution is 7.55. The van der Waals surface area contributed by atoms with E-state index in [-0.39, 0.29) is 6.29 Å². The van der Waals surface area contributed by atoms with Gasteiger partial charge in [0.15, 0.2) is 6.29 Å². The highest BCUT2D eigenvalue weighted by atomic mass is 31.2. The maximum atomic E-state index is 10.4. The minimum Gasteiger partial charge on any atom is -0.356 e. The fraction of sp³-hybridized carbons (Fsp3) is 0.714. The Bertz CT molecular complexity index is 193. The van der Waals surface area contributed by atoms with Gasteiger partial charge in [0.25, 0.3) is 0 Å². The van der Waals surface area contributed by atoms with Crippen LogP contribution in [0.5, 0.6) is 0 Å². The van der Waals surface area contributed by atoms with E-state index in [9.17, 15) is 4.57 Å². The third-order valence-corrected chi connectivity index (χ3v) is 1.99. The van der Waals surface area contributed by atoms with Gasteiger partial charge in [-0.1, -0.05) is 6.08 Å². The second-order valence-corrected chi connectivity index (χ2v) is 3.93. The van der Waals surface area contributed by atoms with E-state index in [2.05, 4.69) is 0 Å². The van der Waals surface area contributed by atoms with Gasteiger partial charge in [-0.2, -0.15) is 0 Å². The lowest BCUT2D eigenvalue weighted by Crippen LogP contribution is -2.11. The van der Waals surface area contributed by atoms with Crippen molar-refractivity contribution in [3.8, 4) is 0 Å². The quantitative estimate of drug-likeness (QED) is 0.506. The normalized spacial score (nSPS) is 13.0. The van der Waals surface area contributed by atoms with Crippen LogP contribution < -0.4 is 0 Å². The largest absolute Gasteiger partial charge is 0.356 e. The molecule has 0 aliphatic rings. The first-order chi connectivity index (χ1) is 5.99. The molecular weight excluding hydrogens is 195 g/mol. The van der Waals surface area contributed by atoms with Gasteiger partial charge in [0.1, 0.15) is 0 Å². The lowest BCUT2D eigenvalue weighted by molar-refractivity contribution is -0.105. The minimum atomic E-state index is -4.00. The van der Waals surface area contributed by atoms with Gasteiger partial charge in [-0.25, -0.2) is 0 Å². The summed E-state index contributed by atoms with van der Waals surface area (Å²) in [5, 5.41) is 0. The van der Waals surface area contributed by atoms with E-state index < -0.39 is 7.60 Å². The van der Waals surface area contributed by atoms with Gasteiger partial charge in [-0.05, 0) is 6.42 Å². The summed E-state index contributed by atoms with van der Waals surface area (Å²) >= 11 is 0. The summed E-state index contributed by atoms with van der Waals surface area (Å²) < 4.78 is 20.1. The van der Waals surface area contributed by atoms with Crippen molar-refractivity contribution in [1.82, 2.24) is 0 Å². The van der Waals surface area contributed by atoms with Crippen LogP contribution in [0.2, 0.25) is 0 Å². The maximum Gasteiger partial charge on any atom is 0.348 e. The van der Waals surface area contributed by atoms with Gasteiger partial charge >= 0.3 is 7.60 Å². The molecule has 0 saturated carbocycles. The Balaban J connectivity index is 3.66. The van der Waals surface area contributed by atoms with Crippen LogP contribution in [-0.4, -0.2) is 30.3 Å². The van der Waals surface area contributed by atoms with Crippen molar-refractivity contribution in [3.05, 3.63) is 11.9 Å². The molecule has 0 aromatic heterocycles. The number of hydrogen-bond donors (Lipinski definition) is 2. The van der Waals surface area contributed by atoms with E-state index in [1.54, 1.807) is 0 Å². The Morgan fingerprint density at radius 1 is 1.38 bits per heavy atom. The molecule has 5 nitrogen and oxygen atoms in total. The predicted molar refractivity (Wildman–Crippen MR) is 48.2 cm³/mol. The Kier molecular flexibility index (Phi) is 6.20. The van der Waals surface area contributed by atoms with E-state index in [4.69, 9.17) is 19.3 Å². The van der Waals surface area contributed by atoms with Gasteiger partial charge in [-0.15, -0.1) is 0 Å². The average Bonchev–Trinajstić information content (AvgIpc) is 2.03. The molecule has 0 spiro atoms. The second kappa shape index (κ2) is 6.29. The highest BCUT2D eigenvalue weighted by Gasteiger charge is 2.06. The molecule has 78 valence electrons. The summed E-state index contributed by atoms with van der Waals surface area (Å²) in [6, 6.07) is 0. The summed E-state index contributed by atoms with van der Waals surface area (Å²) in [6.07, 6.45) is 2.19. The topological polar surface area (TPSA) is 76.0 Å². The number of methoxy groups -OCH3 is 2. The third kappa shape index (κ3) is 8.15. The zero-order valence-electron chi connectivity index (χ0n) is 7.71. The van der Waals surface area contributed by atoms with Crippen LogP contribution in [0, 0.1) is 0 Å². The highest BCUT2D eigenvalue weighted by Crippen LogP contribution is 2.36. The standard InChI is InChI=1S/C7H15O5P/c1-11-7(12-2)5-3-4-6-13(8,9)10/h4,6-7H,3,5H2,1-2H3,(H2,8,9,10). The first-order valence-corrected chi connectivity index (χ1v) is 5.46. The van der Waals surface area contributed by atoms with E-state index in [0.29, 0.717) is 12.8 Å². The molecule has 2 N–H and O–H groups in total. The minimum absolute atomic E-state index is 0.318. The van der Waals surface area contributed by atoms with Crippen LogP contribution in [0.4, 0.5) is 0 Å². The van der Waals surface area contributed by atoms with Crippen molar-refractivity contribution >= 4 is 7.60 Å². The molecule has 0 bridgehead atoms. The van der Waals surface area contributed by atoms with Crippen LogP contribution in [0.25, 0.3) is 0 Å². The first-order valence-electron chi connectivity index (χ1n) is 3.78. The van der Waals surface area contributed by atoms with E-state index in [1.165, 1.54) is 20.3 Å². The molecular formula is C7H15O5P. The molecule has 0 atom stereocenters. The Hall–Kier alpha value is -0.190. The first kappa shape index (κ1) is 12.8. The SMILES string of the molecule is COC(CCC=CP(=O)(O)O)OC. The molecule has 0 heterocycles. The van der Waals surface area contributed by atoms with E-state index in [0.717, 1.165) is 5.82 Å². The molecule has 0 aromatic carbocycles. The Morgan fingerprint density at radius 3 is 2.31 bits per heavy atom. The molecule has 0 aromatic rings. The van der Waals surface area contributed by atoms with Gasteiger partial charge < -0.3 is 19.3 Å². The van der Waals surface area contributed by atoms with Crippen LogP contribution in [-0.2, 0) is 14.0 Å². The zero-order valence-corrected chi connectivity index (χ0v) is 8.61. The van der Waals surface area contributed by atoms with Crippen molar-refractivity contribution in [1.29, 1.82) is 0 Å². The molecule has 0 aliphatic carbocycles. The molecule has 0 fully saturated rings. The fourth-order valence-corrected chi connectivity index (χ4v) is 1.20. The number of allylic oxidation sites excluding steroid dienone is 1. The van der Waals surface area contributed by atoms with Gasteiger partial charge in [-0.3, -0.25) is 4.57 Å². The molecule has 0 radical (unpaired) electrons. The Labute approximate surface area is 77.5 Å². The molecule has 6 heteroatoms. The second-order valence-electron chi connectivity index (χ2n) is 2.45. The van der Waals surface area contributed by atoms with Crippen molar-refractivity contribution < 1.29 is 23.8 Å². The summed E-state index contributed by atoms with van der Waals surface area (Å²) in [6.45, 7) is 0. The molecule has 0 amide bonds. The van der Waals surface area contributed by atoms with Gasteiger partial charge in [0.05, 0.1) is 0 Å². The zero-order chi connectivity index (χ0) is 10.3. The van der Waals surface area contributed by atoms with E-state index >= 15 is 0 Å². The van der Waals surface area contributed by atoms with Crippen molar-refractivity contribution in [2.75, 3.05) is 14.2 Å². The number of ether oxygens (including phenoxy) is 2. The van der Waals surface area contributed by atoms with Crippen LogP contribution >= 0.6 is 7.60 Å².